The van der Waals surface area contributed by atoms with Crippen LogP contribution in [0.2, 0.25) is 0 Å². The molecule has 7 heteroatoms. The first kappa shape index (κ1) is 21.7. The van der Waals surface area contributed by atoms with Crippen molar-refractivity contribution in [1.82, 2.24) is 20.0 Å². The van der Waals surface area contributed by atoms with E-state index in [2.05, 4.69) is 22.5 Å². The minimum absolute atomic E-state index is 0. The molecule has 0 saturated carbocycles. The number of aryl methyl sites for hydroxylation is 1. The lowest BCUT2D eigenvalue weighted by atomic mass is 9.84. The van der Waals surface area contributed by atoms with Crippen molar-refractivity contribution in [2.75, 3.05) is 13.1 Å². The van der Waals surface area contributed by atoms with Gasteiger partial charge in [-0.15, -0.1) is 24.8 Å². The maximum atomic E-state index is 12.2. The second-order valence-corrected chi connectivity index (χ2v) is 6.70. The van der Waals surface area contributed by atoms with E-state index in [1.165, 1.54) is 12.8 Å². The standard InChI is InChI=1S/C18H26N4O.2ClH/c1-13-4-3-9-22-12-16(21-18(13)22)11-20-17(23)10-14(2)15-5-7-19-8-6-15;;/h3-4,9,12,14-15,19H,5-8,10-11H2,1-2H3,(H,20,23);2*1H. The highest BCUT2D eigenvalue weighted by Crippen LogP contribution is 2.24. The number of pyridine rings is 1. The normalized spacial score (nSPS) is 15.9. The van der Waals surface area contributed by atoms with E-state index in [-0.39, 0.29) is 30.7 Å². The molecule has 5 nitrogen and oxygen atoms in total. The van der Waals surface area contributed by atoms with Crippen LogP contribution in [0.3, 0.4) is 0 Å². The molecule has 0 aromatic carbocycles. The number of fused-ring (bicyclic) bond motifs is 1. The maximum absolute atomic E-state index is 12.2. The summed E-state index contributed by atoms with van der Waals surface area (Å²) >= 11 is 0. The van der Waals surface area contributed by atoms with E-state index in [1.54, 1.807) is 0 Å². The second kappa shape index (κ2) is 10.00. The number of imidazole rings is 1. The fourth-order valence-electron chi connectivity index (χ4n) is 3.42. The Morgan fingerprint density at radius 1 is 1.40 bits per heavy atom. The molecule has 1 unspecified atom stereocenters. The quantitative estimate of drug-likeness (QED) is 0.829. The molecule has 3 rings (SSSR count). The maximum Gasteiger partial charge on any atom is 0.220 e. The van der Waals surface area contributed by atoms with E-state index in [0.29, 0.717) is 24.8 Å². The second-order valence-electron chi connectivity index (χ2n) is 6.70. The zero-order valence-electron chi connectivity index (χ0n) is 14.8. The molecule has 140 valence electrons. The van der Waals surface area contributed by atoms with Gasteiger partial charge in [-0.25, -0.2) is 4.98 Å². The highest BCUT2D eigenvalue weighted by Gasteiger charge is 2.21. The molecule has 0 spiro atoms. The summed E-state index contributed by atoms with van der Waals surface area (Å²) in [5.41, 5.74) is 3.01. The Morgan fingerprint density at radius 3 is 2.80 bits per heavy atom. The zero-order chi connectivity index (χ0) is 16.2. The Bertz CT molecular complexity index is 683. The van der Waals surface area contributed by atoms with Crippen LogP contribution in [0.5, 0.6) is 0 Å². The predicted octanol–water partition coefficient (Wildman–Crippen LogP) is 3.13. The van der Waals surface area contributed by atoms with E-state index in [4.69, 9.17) is 0 Å². The van der Waals surface area contributed by atoms with Gasteiger partial charge in [-0.05, 0) is 56.3 Å². The van der Waals surface area contributed by atoms with E-state index in [1.807, 2.05) is 35.9 Å². The molecule has 1 atom stereocenters. The fourth-order valence-corrected chi connectivity index (χ4v) is 3.42. The van der Waals surface area contributed by atoms with Crippen molar-refractivity contribution in [1.29, 1.82) is 0 Å². The van der Waals surface area contributed by atoms with Crippen LogP contribution in [0.25, 0.3) is 5.65 Å². The summed E-state index contributed by atoms with van der Waals surface area (Å²) in [4.78, 5) is 16.8. The average molecular weight is 387 g/mol. The molecule has 1 saturated heterocycles. The van der Waals surface area contributed by atoms with Crippen LogP contribution >= 0.6 is 24.8 Å². The lowest BCUT2D eigenvalue weighted by molar-refractivity contribution is -0.122. The number of carbonyl (C=O) groups excluding carboxylic acids is 1. The van der Waals surface area contributed by atoms with Crippen LogP contribution in [0.4, 0.5) is 0 Å². The van der Waals surface area contributed by atoms with Gasteiger partial charge in [-0.1, -0.05) is 13.0 Å². The number of rotatable bonds is 5. The van der Waals surface area contributed by atoms with Crippen molar-refractivity contribution in [2.24, 2.45) is 11.8 Å². The summed E-state index contributed by atoms with van der Waals surface area (Å²) in [6.45, 7) is 6.91. The monoisotopic (exact) mass is 386 g/mol. The van der Waals surface area contributed by atoms with Crippen molar-refractivity contribution in [2.45, 2.75) is 39.7 Å². The number of aromatic nitrogens is 2. The van der Waals surface area contributed by atoms with Gasteiger partial charge in [0.15, 0.2) is 0 Å². The van der Waals surface area contributed by atoms with Crippen molar-refractivity contribution in [3.8, 4) is 0 Å². The van der Waals surface area contributed by atoms with Crippen LogP contribution in [0.15, 0.2) is 24.5 Å². The first-order chi connectivity index (χ1) is 11.1. The molecule has 2 aromatic heterocycles. The molecule has 0 bridgehead atoms. The average Bonchev–Trinajstić information content (AvgIpc) is 2.98. The Labute approximate surface area is 161 Å². The van der Waals surface area contributed by atoms with E-state index >= 15 is 0 Å². The van der Waals surface area contributed by atoms with Crippen LogP contribution in [-0.4, -0.2) is 28.4 Å². The number of piperidine rings is 1. The molecular formula is C18H28Cl2N4O. The third kappa shape index (κ3) is 5.59. The van der Waals surface area contributed by atoms with Gasteiger partial charge in [-0.3, -0.25) is 4.79 Å². The van der Waals surface area contributed by atoms with Gasteiger partial charge in [0.1, 0.15) is 5.65 Å². The third-order valence-corrected chi connectivity index (χ3v) is 4.89. The minimum Gasteiger partial charge on any atom is -0.350 e. The summed E-state index contributed by atoms with van der Waals surface area (Å²) in [6.07, 6.45) is 6.94. The molecule has 2 N–H and O–H groups in total. The van der Waals surface area contributed by atoms with Crippen LogP contribution in [0, 0.1) is 18.8 Å². The van der Waals surface area contributed by atoms with E-state index in [9.17, 15) is 4.79 Å². The summed E-state index contributed by atoms with van der Waals surface area (Å²) < 4.78 is 2.01. The van der Waals surface area contributed by atoms with Crippen LogP contribution in [-0.2, 0) is 11.3 Å². The molecule has 1 aliphatic heterocycles. The number of amides is 1. The molecular weight excluding hydrogens is 359 g/mol. The Hall–Kier alpha value is -1.30. The lowest BCUT2D eigenvalue weighted by Gasteiger charge is -2.27. The molecule has 3 heterocycles. The molecule has 0 radical (unpaired) electrons. The number of carbonyl (C=O) groups is 1. The zero-order valence-corrected chi connectivity index (χ0v) is 16.5. The van der Waals surface area contributed by atoms with E-state index in [0.717, 1.165) is 30.0 Å². The van der Waals surface area contributed by atoms with Crippen molar-refractivity contribution < 1.29 is 4.79 Å². The number of nitrogens with one attached hydrogen (secondary N) is 2. The van der Waals surface area contributed by atoms with Crippen molar-refractivity contribution in [3.05, 3.63) is 35.8 Å². The summed E-state index contributed by atoms with van der Waals surface area (Å²) in [5, 5.41) is 6.39. The van der Waals surface area contributed by atoms with Gasteiger partial charge in [0.25, 0.3) is 0 Å². The predicted molar refractivity (Wildman–Crippen MR) is 106 cm³/mol. The Morgan fingerprint density at radius 2 is 2.12 bits per heavy atom. The van der Waals surface area contributed by atoms with Gasteiger partial charge >= 0.3 is 0 Å². The SMILES string of the molecule is Cc1cccn2cc(CNC(=O)CC(C)C3CCNCC3)nc12.Cl.Cl. The Kier molecular flexibility index (Phi) is 8.69. The molecule has 25 heavy (non-hydrogen) atoms. The molecule has 0 aliphatic carbocycles. The summed E-state index contributed by atoms with van der Waals surface area (Å²) in [6, 6.07) is 4.05. The van der Waals surface area contributed by atoms with Gasteiger partial charge in [0, 0.05) is 18.8 Å². The van der Waals surface area contributed by atoms with Crippen molar-refractivity contribution in [3.63, 3.8) is 0 Å². The molecule has 2 aromatic rings. The smallest absolute Gasteiger partial charge is 0.220 e. The van der Waals surface area contributed by atoms with E-state index < -0.39 is 0 Å². The highest BCUT2D eigenvalue weighted by molar-refractivity contribution is 5.85. The minimum atomic E-state index is 0. The molecule has 1 amide bonds. The third-order valence-electron chi connectivity index (χ3n) is 4.89. The topological polar surface area (TPSA) is 58.4 Å². The molecule has 1 fully saturated rings. The number of hydrogen-bond acceptors (Lipinski definition) is 3. The van der Waals surface area contributed by atoms with Gasteiger partial charge in [-0.2, -0.15) is 0 Å². The Balaban J connectivity index is 0.00000156. The fraction of sp³-hybridized carbons (Fsp3) is 0.556. The first-order valence-corrected chi connectivity index (χ1v) is 8.54. The van der Waals surface area contributed by atoms with Crippen LogP contribution < -0.4 is 10.6 Å². The lowest BCUT2D eigenvalue weighted by Crippen LogP contribution is -2.33. The van der Waals surface area contributed by atoms with Gasteiger partial charge in [0.2, 0.25) is 5.91 Å². The number of nitrogens with zero attached hydrogens (tertiary/aromatic N) is 2. The van der Waals surface area contributed by atoms with Gasteiger partial charge in [0.05, 0.1) is 12.2 Å². The highest BCUT2D eigenvalue weighted by atomic mass is 35.5. The number of halogens is 2. The number of hydrogen-bond donors (Lipinski definition) is 2. The molecule has 1 aliphatic rings. The van der Waals surface area contributed by atoms with Crippen LogP contribution in [0.1, 0.15) is 37.4 Å². The summed E-state index contributed by atoms with van der Waals surface area (Å²) in [7, 11) is 0. The van der Waals surface area contributed by atoms with Gasteiger partial charge < -0.3 is 15.0 Å². The van der Waals surface area contributed by atoms with Crippen molar-refractivity contribution >= 4 is 36.4 Å². The first-order valence-electron chi connectivity index (χ1n) is 8.54. The summed E-state index contributed by atoms with van der Waals surface area (Å²) in [5.74, 6) is 1.24. The largest absolute Gasteiger partial charge is 0.350 e.